The molecule has 0 aliphatic rings. The second kappa shape index (κ2) is 7.84. The Hall–Kier alpha value is -3.16. The second-order valence-electron chi connectivity index (χ2n) is 6.72. The van der Waals surface area contributed by atoms with Gasteiger partial charge in [-0.05, 0) is 48.4 Å². The number of alkyl halides is 3. The molecular formula is C20H19F3N4O. The van der Waals surface area contributed by atoms with Gasteiger partial charge < -0.3 is 5.32 Å². The molecule has 1 amide bonds. The van der Waals surface area contributed by atoms with E-state index < -0.39 is 11.9 Å². The van der Waals surface area contributed by atoms with Crippen molar-refractivity contribution < 1.29 is 18.0 Å². The first kappa shape index (κ1) is 19.6. The van der Waals surface area contributed by atoms with Crippen LogP contribution in [0.25, 0.3) is 16.9 Å². The fourth-order valence-electron chi connectivity index (χ4n) is 2.59. The summed E-state index contributed by atoms with van der Waals surface area (Å²) in [7, 11) is 0. The average molecular weight is 388 g/mol. The van der Waals surface area contributed by atoms with Gasteiger partial charge in [-0.1, -0.05) is 13.8 Å². The van der Waals surface area contributed by atoms with E-state index in [1.54, 1.807) is 12.1 Å². The van der Waals surface area contributed by atoms with Crippen LogP contribution in [0.15, 0.2) is 54.9 Å². The van der Waals surface area contributed by atoms with Gasteiger partial charge >= 0.3 is 6.18 Å². The quantitative estimate of drug-likeness (QED) is 0.707. The minimum atomic E-state index is -4.58. The average Bonchev–Trinajstić information content (AvgIpc) is 3.13. The summed E-state index contributed by atoms with van der Waals surface area (Å²) in [6.07, 6.45) is -1.59. The Morgan fingerprint density at radius 1 is 1.18 bits per heavy atom. The maximum Gasteiger partial charge on any atom is 0.433 e. The molecular weight excluding hydrogens is 369 g/mol. The predicted octanol–water partition coefficient (Wildman–Crippen LogP) is 4.34. The summed E-state index contributed by atoms with van der Waals surface area (Å²) in [4.78, 5) is 16.0. The van der Waals surface area contributed by atoms with Crippen LogP contribution >= 0.6 is 0 Å². The van der Waals surface area contributed by atoms with Gasteiger partial charge in [0.2, 0.25) is 0 Å². The fourth-order valence-corrected chi connectivity index (χ4v) is 2.59. The smallest absolute Gasteiger partial charge is 0.352 e. The van der Waals surface area contributed by atoms with Crippen molar-refractivity contribution in [1.82, 2.24) is 20.1 Å². The van der Waals surface area contributed by atoms with Crippen LogP contribution in [0.4, 0.5) is 13.2 Å². The fraction of sp³-hybridized carbons (Fsp3) is 0.250. The zero-order chi connectivity index (χ0) is 20.3. The number of carbonyl (C=O) groups excluding carboxylic acids is 1. The Morgan fingerprint density at radius 3 is 2.46 bits per heavy atom. The number of nitrogens with zero attached hydrogens (tertiary/aromatic N) is 3. The van der Waals surface area contributed by atoms with Crippen LogP contribution in [-0.2, 0) is 6.18 Å². The lowest BCUT2D eigenvalue weighted by atomic mass is 10.1. The topological polar surface area (TPSA) is 59.8 Å². The zero-order valence-corrected chi connectivity index (χ0v) is 15.4. The van der Waals surface area contributed by atoms with Crippen LogP contribution < -0.4 is 5.32 Å². The monoisotopic (exact) mass is 388 g/mol. The predicted molar refractivity (Wildman–Crippen MR) is 99.0 cm³/mol. The molecule has 3 rings (SSSR count). The first-order valence-corrected chi connectivity index (χ1v) is 8.72. The third-order valence-corrected chi connectivity index (χ3v) is 4.00. The standard InChI is InChI=1S/C20H19F3N4O/c1-13(2)11-25-19(28)14-5-7-16(8-6-14)27-18(20(21,22)23)10-17(26-27)15-4-3-9-24-12-15/h3-10,12-13H,11H2,1-2H3,(H,25,28). The van der Waals surface area contributed by atoms with Crippen molar-refractivity contribution in [2.75, 3.05) is 6.54 Å². The molecule has 0 aliphatic carbocycles. The molecule has 0 spiro atoms. The molecule has 28 heavy (non-hydrogen) atoms. The Balaban J connectivity index is 1.94. The van der Waals surface area contributed by atoms with Crippen molar-refractivity contribution in [3.05, 3.63) is 66.1 Å². The number of nitrogens with one attached hydrogen (secondary N) is 1. The number of benzene rings is 1. The maximum atomic E-state index is 13.5. The van der Waals surface area contributed by atoms with E-state index in [-0.39, 0.29) is 17.3 Å². The van der Waals surface area contributed by atoms with E-state index >= 15 is 0 Å². The van der Waals surface area contributed by atoms with E-state index in [1.165, 1.54) is 36.7 Å². The van der Waals surface area contributed by atoms with Gasteiger partial charge in [-0.25, -0.2) is 4.68 Å². The minimum absolute atomic E-state index is 0.166. The lowest BCUT2D eigenvalue weighted by Gasteiger charge is -2.11. The molecule has 0 atom stereocenters. The molecule has 0 radical (unpaired) electrons. The van der Waals surface area contributed by atoms with Crippen molar-refractivity contribution in [2.45, 2.75) is 20.0 Å². The Kier molecular flexibility index (Phi) is 5.48. The van der Waals surface area contributed by atoms with Crippen molar-refractivity contribution in [3.8, 4) is 16.9 Å². The summed E-state index contributed by atoms with van der Waals surface area (Å²) >= 11 is 0. The van der Waals surface area contributed by atoms with Crippen LogP contribution in [0.1, 0.15) is 29.9 Å². The molecule has 1 N–H and O–H groups in total. The van der Waals surface area contributed by atoms with Gasteiger partial charge in [0.15, 0.2) is 0 Å². The normalized spacial score (nSPS) is 11.6. The first-order valence-electron chi connectivity index (χ1n) is 8.72. The highest BCUT2D eigenvalue weighted by Crippen LogP contribution is 2.33. The van der Waals surface area contributed by atoms with Crippen LogP contribution in [0.3, 0.4) is 0 Å². The molecule has 8 heteroatoms. The first-order chi connectivity index (χ1) is 13.3. The van der Waals surface area contributed by atoms with Crippen LogP contribution in [-0.4, -0.2) is 27.2 Å². The van der Waals surface area contributed by atoms with Gasteiger partial charge in [0.25, 0.3) is 5.91 Å². The molecule has 0 bridgehead atoms. The number of amides is 1. The Bertz CT molecular complexity index is 948. The van der Waals surface area contributed by atoms with Crippen molar-refractivity contribution in [1.29, 1.82) is 0 Å². The minimum Gasteiger partial charge on any atom is -0.352 e. The Labute approximate surface area is 160 Å². The van der Waals surface area contributed by atoms with Gasteiger partial charge in [-0.3, -0.25) is 9.78 Å². The highest BCUT2D eigenvalue weighted by atomic mass is 19.4. The summed E-state index contributed by atoms with van der Waals surface area (Å²) in [5.41, 5.74) is 0.333. The molecule has 1 aromatic carbocycles. The van der Waals surface area contributed by atoms with Crippen LogP contribution in [0, 0.1) is 5.92 Å². The number of halogens is 3. The van der Waals surface area contributed by atoms with Crippen LogP contribution in [0.5, 0.6) is 0 Å². The molecule has 146 valence electrons. The van der Waals surface area contributed by atoms with Crippen molar-refractivity contribution >= 4 is 5.91 Å². The van der Waals surface area contributed by atoms with Gasteiger partial charge in [0, 0.05) is 30.1 Å². The summed E-state index contributed by atoms with van der Waals surface area (Å²) < 4.78 is 41.3. The summed E-state index contributed by atoms with van der Waals surface area (Å²) in [6, 6.07) is 10.1. The number of rotatable bonds is 5. The molecule has 0 saturated carbocycles. The Morgan fingerprint density at radius 2 is 1.89 bits per heavy atom. The third-order valence-electron chi connectivity index (χ3n) is 4.00. The summed E-state index contributed by atoms with van der Waals surface area (Å²) in [5.74, 6) is 0.0281. The van der Waals surface area contributed by atoms with Gasteiger partial charge in [0.1, 0.15) is 5.69 Å². The van der Waals surface area contributed by atoms with Gasteiger partial charge in [-0.2, -0.15) is 18.3 Å². The largest absolute Gasteiger partial charge is 0.433 e. The van der Waals surface area contributed by atoms with Gasteiger partial charge in [0.05, 0.1) is 11.4 Å². The molecule has 2 heterocycles. The molecule has 0 fully saturated rings. The summed E-state index contributed by atoms with van der Waals surface area (Å²) in [6.45, 7) is 4.46. The van der Waals surface area contributed by atoms with E-state index in [4.69, 9.17) is 0 Å². The number of aromatic nitrogens is 3. The maximum absolute atomic E-state index is 13.5. The van der Waals surface area contributed by atoms with E-state index in [2.05, 4.69) is 15.4 Å². The number of hydrogen-bond donors (Lipinski definition) is 1. The van der Waals surface area contributed by atoms with Gasteiger partial charge in [-0.15, -0.1) is 0 Å². The van der Waals surface area contributed by atoms with E-state index in [0.717, 1.165) is 10.7 Å². The summed E-state index contributed by atoms with van der Waals surface area (Å²) in [5, 5.41) is 6.88. The van der Waals surface area contributed by atoms with Crippen molar-refractivity contribution in [2.24, 2.45) is 5.92 Å². The third kappa shape index (κ3) is 4.39. The molecule has 0 aliphatic heterocycles. The number of carbonyl (C=O) groups is 1. The lowest BCUT2D eigenvalue weighted by molar-refractivity contribution is -0.142. The highest BCUT2D eigenvalue weighted by molar-refractivity contribution is 5.94. The van der Waals surface area contributed by atoms with Crippen molar-refractivity contribution in [3.63, 3.8) is 0 Å². The molecule has 3 aromatic rings. The second-order valence-corrected chi connectivity index (χ2v) is 6.72. The number of hydrogen-bond acceptors (Lipinski definition) is 3. The lowest BCUT2D eigenvalue weighted by Crippen LogP contribution is -2.27. The molecule has 0 unspecified atom stereocenters. The molecule has 2 aromatic heterocycles. The highest BCUT2D eigenvalue weighted by Gasteiger charge is 2.36. The molecule has 5 nitrogen and oxygen atoms in total. The number of pyridine rings is 1. The van der Waals surface area contributed by atoms with E-state index in [9.17, 15) is 18.0 Å². The van der Waals surface area contributed by atoms with E-state index in [0.29, 0.717) is 23.6 Å². The van der Waals surface area contributed by atoms with E-state index in [1.807, 2.05) is 13.8 Å². The van der Waals surface area contributed by atoms with Crippen LogP contribution in [0.2, 0.25) is 0 Å². The zero-order valence-electron chi connectivity index (χ0n) is 15.4. The molecule has 0 saturated heterocycles. The SMILES string of the molecule is CC(C)CNC(=O)c1ccc(-n2nc(-c3cccnc3)cc2C(F)(F)F)cc1.